The maximum atomic E-state index is 13.0. The van der Waals surface area contributed by atoms with Crippen LogP contribution in [0.25, 0.3) is 6.08 Å². The van der Waals surface area contributed by atoms with Crippen LogP contribution < -0.4 is 0 Å². The number of aliphatic hydroxyl groups is 1. The molecule has 3 rings (SSSR count). The van der Waals surface area contributed by atoms with Crippen molar-refractivity contribution in [2.24, 2.45) is 17.3 Å². The van der Waals surface area contributed by atoms with Crippen LogP contribution in [0, 0.1) is 17.3 Å². The number of halogens is 1. The van der Waals surface area contributed by atoms with E-state index < -0.39 is 0 Å². The quantitative estimate of drug-likeness (QED) is 0.774. The average Bonchev–Trinajstić information content (AvgIpc) is 2.48. The third-order valence-corrected chi connectivity index (χ3v) is 5.98. The third-order valence-electron chi connectivity index (χ3n) is 5.74. The minimum atomic E-state index is -0.318. The number of allylic oxidation sites excluding steroid dienone is 1. The molecule has 0 saturated heterocycles. The lowest BCUT2D eigenvalue weighted by molar-refractivity contribution is -0.137. The first-order chi connectivity index (χ1) is 10.4. The number of benzene rings is 1. The van der Waals surface area contributed by atoms with E-state index in [1.807, 2.05) is 30.3 Å². The molecule has 0 heterocycles. The van der Waals surface area contributed by atoms with Gasteiger partial charge in [0.25, 0.3) is 0 Å². The fourth-order valence-corrected chi connectivity index (χ4v) is 4.53. The Bertz CT molecular complexity index is 622. The van der Waals surface area contributed by atoms with Gasteiger partial charge < -0.3 is 5.11 Å². The van der Waals surface area contributed by atoms with Gasteiger partial charge in [0.1, 0.15) is 0 Å². The van der Waals surface area contributed by atoms with Gasteiger partial charge in [0, 0.05) is 10.4 Å². The zero-order valence-electron chi connectivity index (χ0n) is 13.2. The number of aliphatic hydroxyl groups excluding tert-OH is 1. The zero-order valence-corrected chi connectivity index (χ0v) is 13.9. The second-order valence-corrected chi connectivity index (χ2v) is 7.52. The van der Waals surface area contributed by atoms with Crippen molar-refractivity contribution in [2.45, 2.75) is 45.6 Å². The van der Waals surface area contributed by atoms with Crippen LogP contribution in [0.3, 0.4) is 0 Å². The molecule has 22 heavy (non-hydrogen) atoms. The molecular weight excluding hydrogens is 296 g/mol. The highest BCUT2D eigenvalue weighted by Gasteiger charge is 2.51. The zero-order chi connectivity index (χ0) is 15.9. The molecular formula is C19H23ClO2. The largest absolute Gasteiger partial charge is 0.393 e. The molecule has 2 aliphatic rings. The molecule has 3 heteroatoms. The van der Waals surface area contributed by atoms with Crippen LogP contribution in [-0.4, -0.2) is 17.0 Å². The van der Waals surface area contributed by atoms with Crippen LogP contribution in [0.4, 0.5) is 0 Å². The van der Waals surface area contributed by atoms with Crippen molar-refractivity contribution < 1.29 is 9.90 Å². The van der Waals surface area contributed by atoms with Crippen molar-refractivity contribution in [3.05, 3.63) is 40.4 Å². The maximum absolute atomic E-state index is 13.0. The molecule has 1 aromatic rings. The second-order valence-electron chi connectivity index (χ2n) is 7.08. The summed E-state index contributed by atoms with van der Waals surface area (Å²) in [7, 11) is 0. The molecule has 1 aromatic carbocycles. The van der Waals surface area contributed by atoms with E-state index in [4.69, 9.17) is 11.6 Å². The standard InChI is InChI=1S/C19H23ClO2/c1-12-16-7-6-14(10-13-4-3-5-15(20)11-13)18(22)19(16,2)9-8-17(12)21/h3-5,10-12,16-17,21H,6-9H2,1-2H3/b14-10+/t12-,16?,17?,19-/m0/s1. The normalized spacial score (nSPS) is 37.2. The highest BCUT2D eigenvalue weighted by Crippen LogP contribution is 2.52. The lowest BCUT2D eigenvalue weighted by atomic mass is 9.55. The van der Waals surface area contributed by atoms with Gasteiger partial charge >= 0.3 is 0 Å². The number of fused-ring (bicyclic) bond motifs is 1. The fourth-order valence-electron chi connectivity index (χ4n) is 4.33. The number of ketones is 1. The summed E-state index contributed by atoms with van der Waals surface area (Å²) in [5.41, 5.74) is 1.58. The molecule has 0 bridgehead atoms. The highest BCUT2D eigenvalue weighted by atomic mass is 35.5. The minimum absolute atomic E-state index is 0.204. The van der Waals surface area contributed by atoms with Gasteiger partial charge in [-0.1, -0.05) is 37.6 Å². The summed E-state index contributed by atoms with van der Waals surface area (Å²) in [5, 5.41) is 10.8. The van der Waals surface area contributed by atoms with Gasteiger partial charge in [-0.3, -0.25) is 4.79 Å². The number of hydrogen-bond acceptors (Lipinski definition) is 2. The first kappa shape index (κ1) is 15.8. The van der Waals surface area contributed by atoms with Gasteiger partial charge in [0.15, 0.2) is 5.78 Å². The Kier molecular flexibility index (Phi) is 4.17. The Hall–Kier alpha value is -1.12. The Morgan fingerprint density at radius 1 is 1.36 bits per heavy atom. The van der Waals surface area contributed by atoms with Gasteiger partial charge in [-0.15, -0.1) is 0 Å². The monoisotopic (exact) mass is 318 g/mol. The van der Waals surface area contributed by atoms with E-state index in [1.165, 1.54) is 0 Å². The summed E-state index contributed by atoms with van der Waals surface area (Å²) in [6.07, 6.45) is 5.02. The lowest BCUT2D eigenvalue weighted by Crippen LogP contribution is -2.50. The third kappa shape index (κ3) is 2.63. The summed E-state index contributed by atoms with van der Waals surface area (Å²) in [6.45, 7) is 4.18. The van der Waals surface area contributed by atoms with Gasteiger partial charge in [0.05, 0.1) is 6.10 Å². The fraction of sp³-hybridized carbons (Fsp3) is 0.526. The van der Waals surface area contributed by atoms with Crippen LogP contribution in [0.5, 0.6) is 0 Å². The summed E-state index contributed by atoms with van der Waals surface area (Å²) >= 11 is 6.03. The predicted molar refractivity (Wildman–Crippen MR) is 89.7 cm³/mol. The Morgan fingerprint density at radius 2 is 2.14 bits per heavy atom. The van der Waals surface area contributed by atoms with Crippen molar-refractivity contribution in [3.63, 3.8) is 0 Å². The first-order valence-corrected chi connectivity index (χ1v) is 8.48. The van der Waals surface area contributed by atoms with E-state index in [9.17, 15) is 9.90 Å². The molecule has 2 saturated carbocycles. The van der Waals surface area contributed by atoms with Gasteiger partial charge in [-0.25, -0.2) is 0 Å². The smallest absolute Gasteiger partial charge is 0.165 e. The molecule has 2 fully saturated rings. The van der Waals surface area contributed by atoms with E-state index in [0.717, 1.165) is 36.8 Å². The molecule has 4 atom stereocenters. The summed E-state index contributed by atoms with van der Waals surface area (Å²) in [4.78, 5) is 13.0. The SMILES string of the molecule is C[C@@H]1C(O)CC[C@]2(C)C(=O)/C(=C/c3cccc(Cl)c3)CCC12. The molecule has 1 N–H and O–H groups in total. The molecule has 0 spiro atoms. The molecule has 0 radical (unpaired) electrons. The average molecular weight is 319 g/mol. The van der Waals surface area contributed by atoms with Crippen molar-refractivity contribution in [2.75, 3.05) is 0 Å². The molecule has 0 aliphatic heterocycles. The highest BCUT2D eigenvalue weighted by molar-refractivity contribution is 6.30. The van der Waals surface area contributed by atoms with Gasteiger partial charge in [-0.2, -0.15) is 0 Å². The summed E-state index contributed by atoms with van der Waals surface area (Å²) < 4.78 is 0. The van der Waals surface area contributed by atoms with Gasteiger partial charge in [0.2, 0.25) is 0 Å². The van der Waals surface area contributed by atoms with Crippen LogP contribution in [-0.2, 0) is 4.79 Å². The lowest BCUT2D eigenvalue weighted by Gasteiger charge is -2.49. The number of rotatable bonds is 1. The van der Waals surface area contributed by atoms with E-state index in [2.05, 4.69) is 13.8 Å². The van der Waals surface area contributed by atoms with Crippen LogP contribution in [0.2, 0.25) is 5.02 Å². The topological polar surface area (TPSA) is 37.3 Å². The molecule has 0 amide bonds. The van der Waals surface area contributed by atoms with E-state index in [-0.39, 0.29) is 23.2 Å². The van der Waals surface area contributed by atoms with Crippen molar-refractivity contribution in [1.82, 2.24) is 0 Å². The van der Waals surface area contributed by atoms with Crippen molar-refractivity contribution in [1.29, 1.82) is 0 Å². The molecule has 2 unspecified atom stereocenters. The Balaban J connectivity index is 1.90. The Morgan fingerprint density at radius 3 is 2.86 bits per heavy atom. The number of carbonyl (C=O) groups is 1. The van der Waals surface area contributed by atoms with Gasteiger partial charge in [-0.05, 0) is 66.9 Å². The van der Waals surface area contributed by atoms with E-state index >= 15 is 0 Å². The Labute approximate surface area is 137 Å². The first-order valence-electron chi connectivity index (χ1n) is 8.11. The molecule has 118 valence electrons. The maximum Gasteiger partial charge on any atom is 0.165 e. The number of Topliss-reactive ketones (excluding diaryl/α,β-unsaturated/α-hetero) is 1. The second kappa shape index (κ2) is 5.82. The number of carbonyl (C=O) groups excluding carboxylic acids is 1. The van der Waals surface area contributed by atoms with Crippen LogP contribution in [0.1, 0.15) is 45.1 Å². The van der Waals surface area contributed by atoms with Crippen molar-refractivity contribution in [3.8, 4) is 0 Å². The van der Waals surface area contributed by atoms with Crippen LogP contribution >= 0.6 is 11.6 Å². The number of hydrogen-bond donors (Lipinski definition) is 1. The predicted octanol–water partition coefficient (Wildman–Crippen LogP) is 4.50. The summed E-state index contributed by atoms with van der Waals surface area (Å²) in [6, 6.07) is 7.62. The van der Waals surface area contributed by atoms with Crippen molar-refractivity contribution >= 4 is 23.5 Å². The minimum Gasteiger partial charge on any atom is -0.393 e. The molecule has 2 aliphatic carbocycles. The van der Waals surface area contributed by atoms with E-state index in [1.54, 1.807) is 0 Å². The van der Waals surface area contributed by atoms with Crippen LogP contribution in [0.15, 0.2) is 29.8 Å². The molecule has 2 nitrogen and oxygen atoms in total. The van der Waals surface area contributed by atoms with E-state index in [0.29, 0.717) is 10.9 Å². The molecule has 0 aromatic heterocycles. The summed E-state index contributed by atoms with van der Waals surface area (Å²) in [5.74, 6) is 0.762.